The molecule has 0 radical (unpaired) electrons. The number of hydrogen-bond donors (Lipinski definition) is 1. The van der Waals surface area contributed by atoms with E-state index < -0.39 is 0 Å². The number of hydrogen-bond acceptors (Lipinski definition) is 3. The highest BCUT2D eigenvalue weighted by atomic mass is 16.4. The van der Waals surface area contributed by atoms with Gasteiger partial charge in [0.1, 0.15) is 5.76 Å². The molecule has 0 spiro atoms. The van der Waals surface area contributed by atoms with Crippen LogP contribution in [0.4, 0.5) is 0 Å². The molecule has 0 aromatic carbocycles. The van der Waals surface area contributed by atoms with Crippen LogP contribution in [0.25, 0.3) is 0 Å². The standard InChI is InChI=1S/C12H18N2O2/c1-9-7-13-11(16-9)8-14-12(15)10-5-3-2-4-6-10/h7,10H,2-6,8H2,1H3,(H,14,15). The third-order valence-corrected chi connectivity index (χ3v) is 3.06. The van der Waals surface area contributed by atoms with Gasteiger partial charge in [-0.05, 0) is 19.8 Å². The van der Waals surface area contributed by atoms with Gasteiger partial charge in [-0.3, -0.25) is 4.79 Å². The topological polar surface area (TPSA) is 55.1 Å². The molecule has 1 fully saturated rings. The molecule has 1 N–H and O–H groups in total. The molecule has 16 heavy (non-hydrogen) atoms. The summed E-state index contributed by atoms with van der Waals surface area (Å²) in [4.78, 5) is 15.8. The van der Waals surface area contributed by atoms with E-state index in [2.05, 4.69) is 10.3 Å². The molecular weight excluding hydrogens is 204 g/mol. The molecule has 1 aromatic heterocycles. The van der Waals surface area contributed by atoms with Gasteiger partial charge in [0.15, 0.2) is 0 Å². The Morgan fingerprint density at radius 2 is 2.25 bits per heavy atom. The van der Waals surface area contributed by atoms with Crippen LogP contribution in [0.1, 0.15) is 43.8 Å². The first-order valence-corrected chi connectivity index (χ1v) is 5.95. The van der Waals surface area contributed by atoms with Gasteiger partial charge in [-0.25, -0.2) is 4.98 Å². The zero-order valence-electron chi connectivity index (χ0n) is 9.66. The Kier molecular flexibility index (Phi) is 3.59. The normalized spacial score (nSPS) is 17.3. The van der Waals surface area contributed by atoms with Crippen LogP contribution < -0.4 is 5.32 Å². The first-order valence-electron chi connectivity index (χ1n) is 5.95. The minimum Gasteiger partial charge on any atom is -0.444 e. The zero-order chi connectivity index (χ0) is 11.4. The van der Waals surface area contributed by atoms with Gasteiger partial charge in [-0.1, -0.05) is 19.3 Å². The lowest BCUT2D eigenvalue weighted by Crippen LogP contribution is -2.31. The van der Waals surface area contributed by atoms with Gasteiger partial charge in [-0.15, -0.1) is 0 Å². The van der Waals surface area contributed by atoms with Crippen molar-refractivity contribution in [3.63, 3.8) is 0 Å². The van der Waals surface area contributed by atoms with Crippen molar-refractivity contribution in [1.29, 1.82) is 0 Å². The van der Waals surface area contributed by atoms with Crippen molar-refractivity contribution in [3.8, 4) is 0 Å². The number of oxazole rings is 1. The molecule has 4 nitrogen and oxygen atoms in total. The number of amides is 1. The number of carbonyl (C=O) groups excluding carboxylic acids is 1. The van der Waals surface area contributed by atoms with Crippen molar-refractivity contribution in [2.75, 3.05) is 0 Å². The van der Waals surface area contributed by atoms with Gasteiger partial charge in [0.2, 0.25) is 11.8 Å². The molecule has 88 valence electrons. The fraction of sp³-hybridized carbons (Fsp3) is 0.667. The molecule has 0 atom stereocenters. The summed E-state index contributed by atoms with van der Waals surface area (Å²) in [5, 5.41) is 2.89. The Labute approximate surface area is 95.4 Å². The van der Waals surface area contributed by atoms with E-state index in [9.17, 15) is 4.79 Å². The van der Waals surface area contributed by atoms with E-state index in [0.29, 0.717) is 12.4 Å². The van der Waals surface area contributed by atoms with Crippen LogP contribution in [0.3, 0.4) is 0 Å². The molecule has 1 saturated carbocycles. The van der Waals surface area contributed by atoms with Crippen LogP contribution in [-0.4, -0.2) is 10.9 Å². The first kappa shape index (κ1) is 11.2. The van der Waals surface area contributed by atoms with Gasteiger partial charge in [0.25, 0.3) is 0 Å². The third kappa shape index (κ3) is 2.84. The van der Waals surface area contributed by atoms with E-state index in [1.54, 1.807) is 6.20 Å². The Balaban J connectivity index is 1.78. The summed E-state index contributed by atoms with van der Waals surface area (Å²) < 4.78 is 5.30. The van der Waals surface area contributed by atoms with Crippen molar-refractivity contribution in [2.24, 2.45) is 5.92 Å². The number of aryl methyl sites for hydroxylation is 1. The maximum Gasteiger partial charge on any atom is 0.223 e. The van der Waals surface area contributed by atoms with E-state index in [-0.39, 0.29) is 11.8 Å². The highest BCUT2D eigenvalue weighted by Crippen LogP contribution is 2.23. The lowest BCUT2D eigenvalue weighted by atomic mass is 9.89. The Bertz CT molecular complexity index is 354. The smallest absolute Gasteiger partial charge is 0.223 e. The van der Waals surface area contributed by atoms with Crippen LogP contribution in [0.5, 0.6) is 0 Å². The van der Waals surface area contributed by atoms with Gasteiger partial charge in [0, 0.05) is 5.92 Å². The van der Waals surface area contributed by atoms with E-state index in [1.165, 1.54) is 19.3 Å². The summed E-state index contributed by atoms with van der Waals surface area (Å²) in [6.07, 6.45) is 7.34. The number of carbonyl (C=O) groups is 1. The highest BCUT2D eigenvalue weighted by Gasteiger charge is 2.20. The third-order valence-electron chi connectivity index (χ3n) is 3.06. The lowest BCUT2D eigenvalue weighted by molar-refractivity contribution is -0.126. The molecular formula is C12H18N2O2. The zero-order valence-corrected chi connectivity index (χ0v) is 9.66. The second kappa shape index (κ2) is 5.14. The molecule has 1 amide bonds. The predicted octanol–water partition coefficient (Wildman–Crippen LogP) is 2.18. The van der Waals surface area contributed by atoms with Crippen molar-refractivity contribution >= 4 is 5.91 Å². The van der Waals surface area contributed by atoms with Crippen LogP contribution >= 0.6 is 0 Å². The summed E-state index contributed by atoms with van der Waals surface area (Å²) >= 11 is 0. The molecule has 2 rings (SSSR count). The summed E-state index contributed by atoms with van der Waals surface area (Å²) in [5.41, 5.74) is 0. The Morgan fingerprint density at radius 3 is 2.88 bits per heavy atom. The predicted molar refractivity (Wildman–Crippen MR) is 59.7 cm³/mol. The maximum absolute atomic E-state index is 11.8. The molecule has 1 heterocycles. The fourth-order valence-corrected chi connectivity index (χ4v) is 2.16. The molecule has 0 aliphatic heterocycles. The van der Waals surface area contributed by atoms with Crippen LogP contribution in [-0.2, 0) is 11.3 Å². The molecule has 1 aromatic rings. The number of nitrogens with one attached hydrogen (secondary N) is 1. The summed E-state index contributed by atoms with van der Waals surface area (Å²) in [7, 11) is 0. The van der Waals surface area contributed by atoms with Crippen molar-refractivity contribution in [2.45, 2.75) is 45.6 Å². The number of nitrogens with zero attached hydrogens (tertiary/aromatic N) is 1. The molecule has 0 bridgehead atoms. The first-order chi connectivity index (χ1) is 7.75. The van der Waals surface area contributed by atoms with Gasteiger partial charge < -0.3 is 9.73 Å². The molecule has 0 saturated heterocycles. The summed E-state index contributed by atoms with van der Waals surface area (Å²) in [5.74, 6) is 1.71. The van der Waals surface area contributed by atoms with Crippen LogP contribution in [0, 0.1) is 12.8 Å². The molecule has 1 aliphatic rings. The Hall–Kier alpha value is -1.32. The van der Waals surface area contributed by atoms with Crippen molar-refractivity contribution in [3.05, 3.63) is 17.8 Å². The maximum atomic E-state index is 11.8. The van der Waals surface area contributed by atoms with Gasteiger partial charge >= 0.3 is 0 Å². The highest BCUT2D eigenvalue weighted by molar-refractivity contribution is 5.78. The van der Waals surface area contributed by atoms with Gasteiger partial charge in [0.05, 0.1) is 12.7 Å². The minimum atomic E-state index is 0.149. The minimum absolute atomic E-state index is 0.149. The molecule has 4 heteroatoms. The average molecular weight is 222 g/mol. The summed E-state index contributed by atoms with van der Waals surface area (Å²) in [6, 6.07) is 0. The fourth-order valence-electron chi connectivity index (χ4n) is 2.16. The van der Waals surface area contributed by atoms with E-state index >= 15 is 0 Å². The second-order valence-corrected chi connectivity index (χ2v) is 4.42. The largest absolute Gasteiger partial charge is 0.444 e. The average Bonchev–Trinajstić information content (AvgIpc) is 2.73. The summed E-state index contributed by atoms with van der Waals surface area (Å²) in [6.45, 7) is 2.25. The molecule has 1 aliphatic carbocycles. The van der Waals surface area contributed by atoms with Crippen LogP contribution in [0.2, 0.25) is 0 Å². The quantitative estimate of drug-likeness (QED) is 0.852. The monoisotopic (exact) mass is 222 g/mol. The number of rotatable bonds is 3. The molecule has 0 unspecified atom stereocenters. The second-order valence-electron chi connectivity index (χ2n) is 4.42. The van der Waals surface area contributed by atoms with E-state index in [1.807, 2.05) is 6.92 Å². The lowest BCUT2D eigenvalue weighted by Gasteiger charge is -2.20. The van der Waals surface area contributed by atoms with Crippen LogP contribution in [0.15, 0.2) is 10.6 Å². The SMILES string of the molecule is Cc1cnc(CNC(=O)C2CCCCC2)o1. The Morgan fingerprint density at radius 1 is 1.50 bits per heavy atom. The number of aromatic nitrogens is 1. The van der Waals surface area contributed by atoms with Crippen molar-refractivity contribution < 1.29 is 9.21 Å². The van der Waals surface area contributed by atoms with E-state index in [0.717, 1.165) is 18.6 Å². The van der Waals surface area contributed by atoms with E-state index in [4.69, 9.17) is 4.42 Å². The van der Waals surface area contributed by atoms with Crippen molar-refractivity contribution in [1.82, 2.24) is 10.3 Å². The van der Waals surface area contributed by atoms with Gasteiger partial charge in [-0.2, -0.15) is 0 Å².